The number of rotatable bonds is 7. The van der Waals surface area contributed by atoms with Gasteiger partial charge in [-0.2, -0.15) is 0 Å². The van der Waals surface area contributed by atoms with Crippen LogP contribution in [0.1, 0.15) is 47.4 Å². The summed E-state index contributed by atoms with van der Waals surface area (Å²) in [6.07, 6.45) is 4.05. The normalized spacial score (nSPS) is 19.5. The molecule has 0 saturated carbocycles. The van der Waals surface area contributed by atoms with E-state index in [2.05, 4.69) is 10.3 Å². The van der Waals surface area contributed by atoms with Gasteiger partial charge in [0.25, 0.3) is 11.8 Å². The van der Waals surface area contributed by atoms with Gasteiger partial charge in [-0.1, -0.05) is 32.0 Å². The molecule has 0 spiro atoms. The number of fused-ring (bicyclic) bond motifs is 1. The Labute approximate surface area is 225 Å². The highest BCUT2D eigenvalue weighted by molar-refractivity contribution is 7.13. The summed E-state index contributed by atoms with van der Waals surface area (Å²) in [5, 5.41) is 4.93. The van der Waals surface area contributed by atoms with Crippen LogP contribution in [-0.4, -0.2) is 69.5 Å². The van der Waals surface area contributed by atoms with E-state index < -0.39 is 12.1 Å². The zero-order valence-corrected chi connectivity index (χ0v) is 22.2. The molecule has 1 aromatic carbocycles. The first-order valence-corrected chi connectivity index (χ1v) is 13.7. The second kappa shape index (κ2) is 10.9. The minimum atomic E-state index is -0.768. The van der Waals surface area contributed by atoms with Gasteiger partial charge in [0.2, 0.25) is 5.91 Å². The van der Waals surface area contributed by atoms with Crippen LogP contribution in [0.5, 0.6) is 0 Å². The molecule has 196 valence electrons. The van der Waals surface area contributed by atoms with Crippen molar-refractivity contribution in [1.29, 1.82) is 0 Å². The molecule has 1 N–H and O–H groups in total. The molecule has 3 amide bonds. The molecule has 2 saturated heterocycles. The van der Waals surface area contributed by atoms with Crippen molar-refractivity contribution >= 4 is 34.8 Å². The van der Waals surface area contributed by atoms with Gasteiger partial charge < -0.3 is 15.1 Å². The number of pyridine rings is 1. The summed E-state index contributed by atoms with van der Waals surface area (Å²) in [4.78, 5) is 61.2. The van der Waals surface area contributed by atoms with Gasteiger partial charge in [0.05, 0.1) is 12.6 Å². The standard InChI is InChI=1S/C29H30N4O4S/c1-18(2)16-22(31-27(35)20-7-5-19(6-8-20)25-4-3-15-38-25)29(37)32-14-11-23-26(32)24(34)17-33(23)28(36)21-9-12-30-13-10-21/h3-10,12-13,15,18,22-23,26H,11,14,16-17H2,1-2H3,(H,31,35). The van der Waals surface area contributed by atoms with Crippen molar-refractivity contribution in [1.82, 2.24) is 20.1 Å². The van der Waals surface area contributed by atoms with E-state index in [0.717, 1.165) is 10.4 Å². The Morgan fingerprint density at radius 3 is 2.42 bits per heavy atom. The lowest BCUT2D eigenvalue weighted by atomic mass is 10.0. The fourth-order valence-electron chi connectivity index (χ4n) is 5.36. The van der Waals surface area contributed by atoms with Crippen LogP contribution >= 0.6 is 11.3 Å². The molecule has 38 heavy (non-hydrogen) atoms. The van der Waals surface area contributed by atoms with Crippen LogP contribution in [0.15, 0.2) is 66.3 Å². The van der Waals surface area contributed by atoms with Crippen molar-refractivity contribution in [3.63, 3.8) is 0 Å². The van der Waals surface area contributed by atoms with Crippen molar-refractivity contribution in [3.8, 4) is 10.4 Å². The molecule has 2 aliphatic heterocycles. The molecule has 3 aromatic rings. The Balaban J connectivity index is 1.30. The predicted molar refractivity (Wildman–Crippen MR) is 145 cm³/mol. The third-order valence-corrected chi connectivity index (χ3v) is 8.08. The summed E-state index contributed by atoms with van der Waals surface area (Å²) in [7, 11) is 0. The third-order valence-electron chi connectivity index (χ3n) is 7.16. The Morgan fingerprint density at radius 1 is 1.03 bits per heavy atom. The van der Waals surface area contributed by atoms with Crippen molar-refractivity contribution in [3.05, 3.63) is 77.4 Å². The fraction of sp³-hybridized carbons (Fsp3) is 0.345. The van der Waals surface area contributed by atoms with Crippen LogP contribution in [0.2, 0.25) is 0 Å². The number of carbonyl (C=O) groups excluding carboxylic acids is 4. The Morgan fingerprint density at radius 2 is 1.76 bits per heavy atom. The fourth-order valence-corrected chi connectivity index (χ4v) is 6.10. The monoisotopic (exact) mass is 530 g/mol. The summed E-state index contributed by atoms with van der Waals surface area (Å²) in [6, 6.07) is 12.7. The maximum absolute atomic E-state index is 13.7. The van der Waals surface area contributed by atoms with Crippen LogP contribution < -0.4 is 5.32 Å². The van der Waals surface area contributed by atoms with Gasteiger partial charge >= 0.3 is 0 Å². The van der Waals surface area contributed by atoms with E-state index in [4.69, 9.17) is 0 Å². The molecule has 3 unspecified atom stereocenters. The van der Waals surface area contributed by atoms with Crippen LogP contribution in [0.4, 0.5) is 0 Å². The van der Waals surface area contributed by atoms with Crippen LogP contribution in [0.3, 0.4) is 0 Å². The molecule has 4 heterocycles. The van der Waals surface area contributed by atoms with Crippen molar-refractivity contribution in [2.24, 2.45) is 5.92 Å². The number of ketones is 1. The maximum atomic E-state index is 13.7. The number of carbonyl (C=O) groups is 4. The number of amides is 3. The van der Waals surface area contributed by atoms with E-state index in [9.17, 15) is 19.2 Å². The third kappa shape index (κ3) is 5.11. The highest BCUT2D eigenvalue weighted by atomic mass is 32.1. The molecule has 2 fully saturated rings. The number of hydrogen-bond acceptors (Lipinski definition) is 6. The van der Waals surface area contributed by atoms with E-state index in [0.29, 0.717) is 30.5 Å². The van der Waals surface area contributed by atoms with Gasteiger partial charge in [-0.25, -0.2) is 0 Å². The minimum Gasteiger partial charge on any atom is -0.340 e. The number of aromatic nitrogens is 1. The molecular weight excluding hydrogens is 500 g/mol. The van der Waals surface area contributed by atoms with Gasteiger partial charge in [0.15, 0.2) is 5.78 Å². The SMILES string of the molecule is CC(C)CC(NC(=O)c1ccc(-c2cccs2)cc1)C(=O)N1CCC2C1C(=O)CN2C(=O)c1ccncc1. The predicted octanol–water partition coefficient (Wildman–Crippen LogP) is 3.65. The lowest BCUT2D eigenvalue weighted by molar-refractivity contribution is -0.138. The second-order valence-electron chi connectivity index (χ2n) is 10.2. The van der Waals surface area contributed by atoms with E-state index >= 15 is 0 Å². The smallest absolute Gasteiger partial charge is 0.254 e. The van der Waals surface area contributed by atoms with Crippen LogP contribution in [0, 0.1) is 5.92 Å². The Hall–Kier alpha value is -3.85. The maximum Gasteiger partial charge on any atom is 0.254 e. The number of likely N-dealkylation sites (tertiary alicyclic amines) is 2. The lowest BCUT2D eigenvalue weighted by Gasteiger charge is -2.29. The van der Waals surface area contributed by atoms with Gasteiger partial charge in [-0.15, -0.1) is 11.3 Å². The molecule has 2 aliphatic rings. The molecule has 0 radical (unpaired) electrons. The van der Waals surface area contributed by atoms with E-state index in [1.807, 2.05) is 43.5 Å². The summed E-state index contributed by atoms with van der Waals surface area (Å²) >= 11 is 1.63. The first kappa shape index (κ1) is 25.8. The van der Waals surface area contributed by atoms with E-state index in [1.165, 1.54) is 0 Å². The quantitative estimate of drug-likeness (QED) is 0.503. The summed E-state index contributed by atoms with van der Waals surface area (Å²) in [5.74, 6) is -0.846. The van der Waals surface area contributed by atoms with Gasteiger partial charge in [-0.05, 0) is 60.0 Å². The zero-order valence-electron chi connectivity index (χ0n) is 21.4. The first-order chi connectivity index (χ1) is 18.3. The first-order valence-electron chi connectivity index (χ1n) is 12.8. The highest BCUT2D eigenvalue weighted by Crippen LogP contribution is 2.32. The van der Waals surface area contributed by atoms with Gasteiger partial charge in [0.1, 0.15) is 12.1 Å². The number of Topliss-reactive ketones (excluding diaryl/α,β-unsaturated/α-hetero) is 1. The minimum absolute atomic E-state index is 0.0297. The molecule has 5 rings (SSSR count). The molecule has 2 aromatic heterocycles. The average Bonchev–Trinajstić information content (AvgIpc) is 3.67. The summed E-state index contributed by atoms with van der Waals surface area (Å²) in [6.45, 7) is 4.31. The lowest BCUT2D eigenvalue weighted by Crippen LogP contribution is -2.53. The molecule has 0 aliphatic carbocycles. The number of thiophene rings is 1. The van der Waals surface area contributed by atoms with Crippen molar-refractivity contribution in [2.45, 2.75) is 44.8 Å². The number of nitrogens with one attached hydrogen (secondary N) is 1. The van der Waals surface area contributed by atoms with E-state index in [-0.39, 0.29) is 42.0 Å². The largest absolute Gasteiger partial charge is 0.340 e. The molecule has 9 heteroatoms. The Kier molecular flexibility index (Phi) is 7.37. The molecule has 3 atom stereocenters. The van der Waals surface area contributed by atoms with Gasteiger partial charge in [-0.3, -0.25) is 24.2 Å². The number of nitrogens with zero attached hydrogens (tertiary/aromatic N) is 3. The topological polar surface area (TPSA) is 99.7 Å². The summed E-state index contributed by atoms with van der Waals surface area (Å²) < 4.78 is 0. The number of benzene rings is 1. The molecule has 0 bridgehead atoms. The Bertz CT molecular complexity index is 1320. The van der Waals surface area contributed by atoms with Crippen LogP contribution in [-0.2, 0) is 9.59 Å². The zero-order chi connectivity index (χ0) is 26.8. The molecular formula is C29H30N4O4S. The summed E-state index contributed by atoms with van der Waals surface area (Å²) in [5.41, 5.74) is 1.96. The van der Waals surface area contributed by atoms with Crippen molar-refractivity contribution in [2.75, 3.05) is 13.1 Å². The van der Waals surface area contributed by atoms with Crippen LogP contribution in [0.25, 0.3) is 10.4 Å². The second-order valence-corrected chi connectivity index (χ2v) is 11.1. The number of hydrogen-bond donors (Lipinski definition) is 1. The molecule has 8 nitrogen and oxygen atoms in total. The average molecular weight is 531 g/mol. The highest BCUT2D eigenvalue weighted by Gasteiger charge is 2.52. The van der Waals surface area contributed by atoms with Gasteiger partial charge in [0, 0.05) is 34.9 Å². The van der Waals surface area contributed by atoms with Crippen molar-refractivity contribution < 1.29 is 19.2 Å². The van der Waals surface area contributed by atoms with E-state index in [1.54, 1.807) is 57.8 Å².